The van der Waals surface area contributed by atoms with Crippen LogP contribution in [-0.2, 0) is 11.2 Å². The Morgan fingerprint density at radius 1 is 1.03 bits per heavy atom. The minimum Gasteiger partial charge on any atom is -0.496 e. The standard InChI is InChI=1S/C26H26N4O4S/c1-16-17(2)34-25-22(16)23(28-24(32)19-10-5-4-6-11-19)29-26(30-25)35-15-21(31)27-14-13-18-9-7-8-12-20(18)33-3/h4-12H,13-15H2,1-3H3,(H,27,31)(H,28,29,30,32). The molecule has 2 aromatic carbocycles. The number of benzene rings is 2. The van der Waals surface area contributed by atoms with Crippen molar-refractivity contribution in [3.63, 3.8) is 0 Å². The maximum Gasteiger partial charge on any atom is 0.256 e. The van der Waals surface area contributed by atoms with Gasteiger partial charge in [-0.1, -0.05) is 48.2 Å². The summed E-state index contributed by atoms with van der Waals surface area (Å²) in [6.45, 7) is 4.21. The van der Waals surface area contributed by atoms with Crippen molar-refractivity contribution in [2.24, 2.45) is 0 Å². The minimum atomic E-state index is -0.283. The van der Waals surface area contributed by atoms with Crippen LogP contribution in [0.2, 0.25) is 0 Å². The Labute approximate surface area is 207 Å². The minimum absolute atomic E-state index is 0.127. The van der Waals surface area contributed by atoms with Gasteiger partial charge in [-0.3, -0.25) is 9.59 Å². The molecule has 0 bridgehead atoms. The summed E-state index contributed by atoms with van der Waals surface area (Å²) in [5.41, 5.74) is 2.77. The molecule has 0 saturated carbocycles. The Kier molecular flexibility index (Phi) is 7.67. The van der Waals surface area contributed by atoms with E-state index in [1.807, 2.05) is 44.2 Å². The van der Waals surface area contributed by atoms with Gasteiger partial charge in [0.25, 0.3) is 5.91 Å². The fraction of sp³-hybridized carbons (Fsp3) is 0.231. The van der Waals surface area contributed by atoms with E-state index < -0.39 is 0 Å². The highest BCUT2D eigenvalue weighted by atomic mass is 32.2. The highest BCUT2D eigenvalue weighted by Gasteiger charge is 2.19. The summed E-state index contributed by atoms with van der Waals surface area (Å²) in [7, 11) is 1.63. The number of hydrogen-bond donors (Lipinski definition) is 2. The van der Waals surface area contributed by atoms with Crippen LogP contribution in [0.3, 0.4) is 0 Å². The number of anilines is 1. The van der Waals surface area contributed by atoms with Gasteiger partial charge in [-0.05, 0) is 44.0 Å². The molecule has 0 radical (unpaired) electrons. The van der Waals surface area contributed by atoms with Crippen molar-refractivity contribution in [1.82, 2.24) is 15.3 Å². The summed E-state index contributed by atoms with van der Waals surface area (Å²) >= 11 is 1.18. The summed E-state index contributed by atoms with van der Waals surface area (Å²) in [6.07, 6.45) is 0.656. The maximum absolute atomic E-state index is 12.8. The second-order valence-electron chi connectivity index (χ2n) is 7.84. The summed E-state index contributed by atoms with van der Waals surface area (Å²) in [4.78, 5) is 34.2. The van der Waals surface area contributed by atoms with Crippen LogP contribution in [0.4, 0.5) is 5.82 Å². The number of thioether (sulfide) groups is 1. The highest BCUT2D eigenvalue weighted by molar-refractivity contribution is 7.99. The third-order valence-corrected chi connectivity index (χ3v) is 6.36. The molecule has 2 N–H and O–H groups in total. The van der Waals surface area contributed by atoms with E-state index in [9.17, 15) is 9.59 Å². The number of aryl methyl sites for hydroxylation is 2. The van der Waals surface area contributed by atoms with Crippen LogP contribution in [0.5, 0.6) is 5.75 Å². The van der Waals surface area contributed by atoms with Gasteiger partial charge in [0.2, 0.25) is 11.6 Å². The Balaban J connectivity index is 1.43. The normalized spacial score (nSPS) is 10.8. The lowest BCUT2D eigenvalue weighted by Gasteiger charge is -2.09. The van der Waals surface area contributed by atoms with Crippen molar-refractivity contribution in [2.75, 3.05) is 24.7 Å². The largest absolute Gasteiger partial charge is 0.496 e. The van der Waals surface area contributed by atoms with E-state index in [0.717, 1.165) is 16.9 Å². The summed E-state index contributed by atoms with van der Waals surface area (Å²) in [5.74, 6) is 1.55. The maximum atomic E-state index is 12.8. The molecule has 0 fully saturated rings. The van der Waals surface area contributed by atoms with E-state index in [4.69, 9.17) is 9.15 Å². The van der Waals surface area contributed by atoms with Crippen molar-refractivity contribution < 1.29 is 18.7 Å². The second kappa shape index (κ2) is 11.1. The third kappa shape index (κ3) is 5.81. The summed E-state index contributed by atoms with van der Waals surface area (Å²) < 4.78 is 11.1. The van der Waals surface area contributed by atoms with Gasteiger partial charge in [-0.15, -0.1) is 0 Å². The van der Waals surface area contributed by atoms with Crippen molar-refractivity contribution in [3.05, 3.63) is 77.0 Å². The number of amides is 2. The average Bonchev–Trinajstić information content (AvgIpc) is 3.16. The smallest absolute Gasteiger partial charge is 0.256 e. The van der Waals surface area contributed by atoms with E-state index in [1.54, 1.807) is 31.4 Å². The molecule has 4 rings (SSSR count). The number of nitrogens with one attached hydrogen (secondary N) is 2. The zero-order valence-corrected chi connectivity index (χ0v) is 20.6. The molecular formula is C26H26N4O4S. The van der Waals surface area contributed by atoms with Gasteiger partial charge in [0.1, 0.15) is 17.3 Å². The fourth-order valence-electron chi connectivity index (χ4n) is 3.58. The van der Waals surface area contributed by atoms with Crippen LogP contribution in [0.1, 0.15) is 27.2 Å². The Hall–Kier alpha value is -3.85. The average molecular weight is 491 g/mol. The lowest BCUT2D eigenvalue weighted by atomic mass is 10.1. The zero-order chi connectivity index (χ0) is 24.8. The van der Waals surface area contributed by atoms with E-state index in [-0.39, 0.29) is 17.6 Å². The SMILES string of the molecule is COc1ccccc1CCNC(=O)CSc1nc(NC(=O)c2ccccc2)c2c(C)c(C)oc2n1. The first-order chi connectivity index (χ1) is 17.0. The molecule has 8 nitrogen and oxygen atoms in total. The molecule has 0 aliphatic carbocycles. The molecule has 0 aliphatic rings. The first-order valence-electron chi connectivity index (χ1n) is 11.1. The molecule has 2 heterocycles. The number of aromatic nitrogens is 2. The van der Waals surface area contributed by atoms with Gasteiger partial charge in [-0.2, -0.15) is 4.98 Å². The van der Waals surface area contributed by atoms with Gasteiger partial charge in [0, 0.05) is 17.7 Å². The van der Waals surface area contributed by atoms with Crippen LogP contribution >= 0.6 is 11.8 Å². The number of carbonyl (C=O) groups is 2. The molecule has 0 unspecified atom stereocenters. The number of nitrogens with zero attached hydrogens (tertiary/aromatic N) is 2. The Morgan fingerprint density at radius 2 is 1.77 bits per heavy atom. The number of carbonyl (C=O) groups excluding carboxylic acids is 2. The molecule has 0 atom stereocenters. The highest BCUT2D eigenvalue weighted by Crippen LogP contribution is 2.31. The van der Waals surface area contributed by atoms with Crippen molar-refractivity contribution in [3.8, 4) is 5.75 Å². The number of fused-ring (bicyclic) bond motifs is 1. The predicted molar refractivity (Wildman–Crippen MR) is 136 cm³/mol. The number of rotatable bonds is 9. The molecule has 0 spiro atoms. The molecule has 2 amide bonds. The summed E-state index contributed by atoms with van der Waals surface area (Å²) in [5, 5.41) is 6.77. The first-order valence-corrected chi connectivity index (χ1v) is 12.1. The van der Waals surface area contributed by atoms with Crippen molar-refractivity contribution >= 4 is 40.5 Å². The summed E-state index contributed by atoms with van der Waals surface area (Å²) in [6, 6.07) is 16.6. The Morgan fingerprint density at radius 3 is 2.54 bits per heavy atom. The van der Waals surface area contributed by atoms with Gasteiger partial charge in [0.15, 0.2) is 5.16 Å². The zero-order valence-electron chi connectivity index (χ0n) is 19.8. The van der Waals surface area contributed by atoms with Gasteiger partial charge >= 0.3 is 0 Å². The molecule has 2 aromatic heterocycles. The first kappa shape index (κ1) is 24.3. The molecule has 35 heavy (non-hydrogen) atoms. The third-order valence-electron chi connectivity index (χ3n) is 5.52. The molecule has 180 valence electrons. The lowest BCUT2D eigenvalue weighted by Crippen LogP contribution is -2.27. The lowest BCUT2D eigenvalue weighted by molar-refractivity contribution is -0.118. The van der Waals surface area contributed by atoms with Crippen LogP contribution < -0.4 is 15.4 Å². The quantitative estimate of drug-likeness (QED) is 0.262. The second-order valence-corrected chi connectivity index (χ2v) is 8.78. The number of furan rings is 1. The topological polar surface area (TPSA) is 106 Å². The van der Waals surface area contributed by atoms with Crippen LogP contribution in [0.25, 0.3) is 11.1 Å². The molecule has 0 saturated heterocycles. The van der Waals surface area contributed by atoms with Crippen molar-refractivity contribution in [2.45, 2.75) is 25.4 Å². The Bertz CT molecular complexity index is 1350. The monoisotopic (exact) mass is 490 g/mol. The molecular weight excluding hydrogens is 464 g/mol. The van der Waals surface area contributed by atoms with Crippen molar-refractivity contribution in [1.29, 1.82) is 0 Å². The van der Waals surface area contributed by atoms with E-state index in [0.29, 0.717) is 46.4 Å². The van der Waals surface area contributed by atoms with Crippen LogP contribution in [-0.4, -0.2) is 41.2 Å². The van der Waals surface area contributed by atoms with Gasteiger partial charge in [0.05, 0.1) is 18.2 Å². The van der Waals surface area contributed by atoms with E-state index in [1.165, 1.54) is 11.8 Å². The molecule has 0 aliphatic heterocycles. The molecule has 4 aromatic rings. The van der Waals surface area contributed by atoms with E-state index in [2.05, 4.69) is 20.6 Å². The van der Waals surface area contributed by atoms with Gasteiger partial charge in [-0.25, -0.2) is 4.98 Å². The van der Waals surface area contributed by atoms with Gasteiger partial charge < -0.3 is 19.8 Å². The number of para-hydroxylation sites is 1. The van der Waals surface area contributed by atoms with E-state index >= 15 is 0 Å². The molecule has 9 heteroatoms. The van der Waals surface area contributed by atoms with Crippen LogP contribution in [0.15, 0.2) is 64.2 Å². The van der Waals surface area contributed by atoms with Crippen LogP contribution in [0, 0.1) is 13.8 Å². The number of hydrogen-bond acceptors (Lipinski definition) is 7. The predicted octanol–water partition coefficient (Wildman–Crippen LogP) is 4.55. The number of methoxy groups -OCH3 is 1. The number of ether oxygens (including phenoxy) is 1. The fourth-order valence-corrected chi connectivity index (χ4v) is 4.25.